The van der Waals surface area contributed by atoms with Crippen LogP contribution in [-0.2, 0) is 0 Å². The molecule has 0 aliphatic carbocycles. The first-order valence-corrected chi connectivity index (χ1v) is 3.06. The van der Waals surface area contributed by atoms with E-state index < -0.39 is 0 Å². The minimum Gasteiger partial charge on any atom is -0.506 e. The third-order valence-electron chi connectivity index (χ3n) is 1.10. The second-order valence-corrected chi connectivity index (χ2v) is 2.09. The summed E-state index contributed by atoms with van der Waals surface area (Å²) in [6.45, 7) is 0. The monoisotopic (exact) mass is 157 g/mol. The number of aromatic hydroxyl groups is 1. The van der Waals surface area contributed by atoms with Gasteiger partial charge < -0.3 is 9.84 Å². The predicted molar refractivity (Wildman–Crippen MR) is 38.5 cm³/mol. The fourth-order valence-corrected chi connectivity index (χ4v) is 0.802. The van der Waals surface area contributed by atoms with E-state index in [1.165, 1.54) is 7.11 Å². The summed E-state index contributed by atoms with van der Waals surface area (Å²) in [5.74, 6) is 0.374. The molecule has 1 aromatic rings. The Hall–Kier alpha value is -0.890. The van der Waals surface area contributed by atoms with Crippen LogP contribution in [0.3, 0.4) is 0 Å². The summed E-state index contributed by atoms with van der Waals surface area (Å²) in [6.07, 6.45) is 0. The number of methoxy groups -OCH3 is 1. The van der Waals surface area contributed by atoms with Crippen LogP contribution in [0.5, 0.6) is 11.5 Å². The van der Waals surface area contributed by atoms with E-state index >= 15 is 0 Å². The summed E-state index contributed by atoms with van der Waals surface area (Å²) in [7, 11) is 1.49. The standard InChI is InChI=1S/C7H6ClO2/c1-10-6-4-2-3-5(9)7(6)8/h2,4,9H,1H3. The number of benzene rings is 1. The normalized spacial score (nSPS) is 9.40. The molecule has 0 amide bonds. The second-order valence-electron chi connectivity index (χ2n) is 1.71. The highest BCUT2D eigenvalue weighted by Gasteiger charge is 2.03. The maximum Gasteiger partial charge on any atom is 0.145 e. The van der Waals surface area contributed by atoms with Gasteiger partial charge >= 0.3 is 0 Å². The number of phenols is 1. The number of ether oxygens (including phenoxy) is 1. The molecule has 1 aromatic carbocycles. The molecule has 3 heteroatoms. The van der Waals surface area contributed by atoms with E-state index in [0.29, 0.717) is 5.75 Å². The van der Waals surface area contributed by atoms with Gasteiger partial charge in [-0.1, -0.05) is 11.6 Å². The summed E-state index contributed by atoms with van der Waals surface area (Å²) in [5, 5.41) is 9.16. The lowest BCUT2D eigenvalue weighted by Crippen LogP contribution is -1.82. The van der Waals surface area contributed by atoms with Gasteiger partial charge in [-0.2, -0.15) is 0 Å². The Bertz CT molecular complexity index is 235. The molecule has 0 heterocycles. The van der Waals surface area contributed by atoms with Gasteiger partial charge in [0.2, 0.25) is 0 Å². The van der Waals surface area contributed by atoms with Gasteiger partial charge in [-0.25, -0.2) is 0 Å². The highest BCUT2D eigenvalue weighted by atomic mass is 35.5. The lowest BCUT2D eigenvalue weighted by atomic mass is 10.3. The quantitative estimate of drug-likeness (QED) is 0.674. The fourth-order valence-electron chi connectivity index (χ4n) is 0.607. The van der Waals surface area contributed by atoms with Crippen LogP contribution < -0.4 is 4.74 Å². The Morgan fingerprint density at radius 1 is 1.70 bits per heavy atom. The van der Waals surface area contributed by atoms with Crippen molar-refractivity contribution in [2.75, 3.05) is 7.11 Å². The number of hydrogen-bond donors (Lipinski definition) is 1. The highest BCUT2D eigenvalue weighted by molar-refractivity contribution is 6.33. The first kappa shape index (κ1) is 7.22. The first-order chi connectivity index (χ1) is 4.75. The van der Waals surface area contributed by atoms with Crippen LogP contribution in [0, 0.1) is 6.07 Å². The fraction of sp³-hybridized carbons (Fsp3) is 0.143. The Balaban J connectivity index is 3.14. The molecule has 1 N–H and O–H groups in total. The van der Waals surface area contributed by atoms with E-state index in [4.69, 9.17) is 21.4 Å². The highest BCUT2D eigenvalue weighted by Crippen LogP contribution is 2.31. The van der Waals surface area contributed by atoms with E-state index in [1.807, 2.05) is 0 Å². The lowest BCUT2D eigenvalue weighted by Gasteiger charge is -2.01. The number of rotatable bonds is 1. The van der Waals surface area contributed by atoms with Gasteiger partial charge in [0, 0.05) is 6.07 Å². The molecule has 0 unspecified atom stereocenters. The largest absolute Gasteiger partial charge is 0.506 e. The SMILES string of the molecule is COc1cc[c]c(O)c1Cl. The van der Waals surface area contributed by atoms with Crippen LogP contribution in [0.15, 0.2) is 12.1 Å². The van der Waals surface area contributed by atoms with E-state index in [-0.39, 0.29) is 10.8 Å². The Morgan fingerprint density at radius 3 is 2.90 bits per heavy atom. The Labute approximate surface area is 64.0 Å². The van der Waals surface area contributed by atoms with Gasteiger partial charge in [-0.05, 0) is 12.1 Å². The van der Waals surface area contributed by atoms with Crippen molar-refractivity contribution in [1.82, 2.24) is 0 Å². The van der Waals surface area contributed by atoms with Crippen molar-refractivity contribution in [2.24, 2.45) is 0 Å². The topological polar surface area (TPSA) is 29.5 Å². The maximum atomic E-state index is 8.96. The molecule has 0 bridgehead atoms. The molecule has 0 atom stereocenters. The van der Waals surface area contributed by atoms with E-state index in [2.05, 4.69) is 6.07 Å². The zero-order valence-corrected chi connectivity index (χ0v) is 6.14. The molecule has 10 heavy (non-hydrogen) atoms. The van der Waals surface area contributed by atoms with Gasteiger partial charge in [0.25, 0.3) is 0 Å². The molecule has 2 nitrogen and oxygen atoms in total. The van der Waals surface area contributed by atoms with Gasteiger partial charge in [0.05, 0.1) is 7.11 Å². The van der Waals surface area contributed by atoms with Gasteiger partial charge in [-0.3, -0.25) is 0 Å². The van der Waals surface area contributed by atoms with Crippen LogP contribution in [-0.4, -0.2) is 12.2 Å². The van der Waals surface area contributed by atoms with Crippen LogP contribution in [0.1, 0.15) is 0 Å². The molecule has 0 spiro atoms. The summed E-state index contributed by atoms with van der Waals surface area (Å²) in [5.41, 5.74) is 0. The third-order valence-corrected chi connectivity index (χ3v) is 1.46. The molecular weight excluding hydrogens is 152 g/mol. The molecule has 1 rings (SSSR count). The van der Waals surface area contributed by atoms with Crippen LogP contribution >= 0.6 is 11.6 Å². The van der Waals surface area contributed by atoms with Crippen molar-refractivity contribution in [3.63, 3.8) is 0 Å². The number of hydrogen-bond acceptors (Lipinski definition) is 2. The van der Waals surface area contributed by atoms with Crippen molar-refractivity contribution in [2.45, 2.75) is 0 Å². The van der Waals surface area contributed by atoms with Crippen molar-refractivity contribution in [1.29, 1.82) is 0 Å². The van der Waals surface area contributed by atoms with Crippen molar-refractivity contribution >= 4 is 11.6 Å². The molecule has 0 aliphatic heterocycles. The molecule has 1 radical (unpaired) electrons. The molecule has 0 fully saturated rings. The zero-order chi connectivity index (χ0) is 7.56. The van der Waals surface area contributed by atoms with Gasteiger partial charge in [0.1, 0.15) is 16.5 Å². The van der Waals surface area contributed by atoms with E-state index in [1.54, 1.807) is 12.1 Å². The third kappa shape index (κ3) is 1.16. The Morgan fingerprint density at radius 2 is 2.40 bits per heavy atom. The van der Waals surface area contributed by atoms with E-state index in [0.717, 1.165) is 0 Å². The molecule has 53 valence electrons. The van der Waals surface area contributed by atoms with E-state index in [9.17, 15) is 0 Å². The molecule has 0 saturated carbocycles. The van der Waals surface area contributed by atoms with Crippen molar-refractivity contribution in [3.8, 4) is 11.5 Å². The molecular formula is C7H6ClO2. The van der Waals surface area contributed by atoms with Crippen molar-refractivity contribution < 1.29 is 9.84 Å². The predicted octanol–water partition coefficient (Wildman–Crippen LogP) is 1.85. The second kappa shape index (κ2) is 2.80. The minimum absolute atomic E-state index is 0.0824. The molecule has 0 aliphatic rings. The minimum atomic E-state index is -0.0824. The molecule has 0 saturated heterocycles. The maximum absolute atomic E-state index is 8.96. The summed E-state index contributed by atoms with van der Waals surface area (Å²) in [6, 6.07) is 5.69. The summed E-state index contributed by atoms with van der Waals surface area (Å²) < 4.78 is 4.81. The Kier molecular flexibility index (Phi) is 2.02. The van der Waals surface area contributed by atoms with Crippen LogP contribution in [0.4, 0.5) is 0 Å². The lowest BCUT2D eigenvalue weighted by molar-refractivity contribution is 0.408. The molecule has 0 aromatic heterocycles. The van der Waals surface area contributed by atoms with Crippen molar-refractivity contribution in [3.05, 3.63) is 23.2 Å². The smallest absolute Gasteiger partial charge is 0.145 e. The average molecular weight is 158 g/mol. The zero-order valence-electron chi connectivity index (χ0n) is 5.39. The first-order valence-electron chi connectivity index (χ1n) is 2.69. The van der Waals surface area contributed by atoms with Gasteiger partial charge in [-0.15, -0.1) is 0 Å². The van der Waals surface area contributed by atoms with Crippen LogP contribution in [0.2, 0.25) is 5.02 Å². The summed E-state index contributed by atoms with van der Waals surface area (Å²) >= 11 is 5.59. The average Bonchev–Trinajstić information content (AvgIpc) is 1.95. The van der Waals surface area contributed by atoms with Gasteiger partial charge in [0.15, 0.2) is 0 Å². The number of phenolic OH excluding ortho intramolecular Hbond substituents is 1. The van der Waals surface area contributed by atoms with Crippen LogP contribution in [0.25, 0.3) is 0 Å². The summed E-state index contributed by atoms with van der Waals surface area (Å²) in [4.78, 5) is 0. The number of halogens is 1.